The molecule has 3 rings (SSSR count). The predicted molar refractivity (Wildman–Crippen MR) is 147 cm³/mol. The lowest BCUT2D eigenvalue weighted by molar-refractivity contribution is -0.137. The van der Waals surface area contributed by atoms with Crippen molar-refractivity contribution < 1.29 is 28.9 Å². The number of benzene rings is 3. The minimum Gasteiger partial charge on any atom is -0.494 e. The Balaban J connectivity index is 1.32. The van der Waals surface area contributed by atoms with Crippen LogP contribution in [0.5, 0.6) is 17.2 Å². The zero-order chi connectivity index (χ0) is 27.2. The second kappa shape index (κ2) is 15.3. The average Bonchev–Trinajstić information content (AvgIpc) is 2.94. The number of hydrogen-bond donors (Lipinski definition) is 1. The minimum absolute atomic E-state index is 0.0801. The number of carbonyl (C=O) groups is 2. The lowest BCUT2D eigenvalue weighted by Gasteiger charge is -2.17. The molecule has 0 aliphatic carbocycles. The molecule has 0 saturated carbocycles. The summed E-state index contributed by atoms with van der Waals surface area (Å²) in [6.45, 7) is 1.78. The molecular formula is C31H37NO6. The molecule has 0 atom stereocenters. The molecule has 0 heterocycles. The largest absolute Gasteiger partial charge is 0.494 e. The summed E-state index contributed by atoms with van der Waals surface area (Å²) in [5.74, 6) is 1.29. The van der Waals surface area contributed by atoms with Gasteiger partial charge in [0.25, 0.3) is 0 Å². The molecule has 0 aromatic heterocycles. The Morgan fingerprint density at radius 2 is 1.47 bits per heavy atom. The maximum absolute atomic E-state index is 12.6. The monoisotopic (exact) mass is 519 g/mol. The number of nitrogens with zero attached hydrogens (tertiary/aromatic N) is 1. The van der Waals surface area contributed by atoms with E-state index in [9.17, 15) is 9.59 Å². The zero-order valence-electron chi connectivity index (χ0n) is 22.2. The first-order valence-corrected chi connectivity index (χ1v) is 13.0. The predicted octanol–water partition coefficient (Wildman–Crippen LogP) is 5.19. The quantitative estimate of drug-likeness (QED) is 0.262. The molecule has 3 aromatic carbocycles. The highest BCUT2D eigenvalue weighted by Crippen LogP contribution is 2.28. The van der Waals surface area contributed by atoms with Crippen LogP contribution in [0.15, 0.2) is 72.8 Å². The van der Waals surface area contributed by atoms with Crippen molar-refractivity contribution in [2.75, 3.05) is 33.9 Å². The van der Waals surface area contributed by atoms with Crippen LogP contribution in [-0.4, -0.2) is 55.8 Å². The van der Waals surface area contributed by atoms with E-state index in [2.05, 4.69) is 12.1 Å². The molecule has 38 heavy (non-hydrogen) atoms. The number of ether oxygens (including phenoxy) is 3. The lowest BCUT2D eigenvalue weighted by atomic mass is 10.1. The van der Waals surface area contributed by atoms with Gasteiger partial charge < -0.3 is 24.2 Å². The van der Waals surface area contributed by atoms with Crippen LogP contribution >= 0.6 is 0 Å². The van der Waals surface area contributed by atoms with Crippen LogP contribution in [-0.2, 0) is 28.9 Å². The molecule has 0 radical (unpaired) electrons. The molecule has 7 heteroatoms. The van der Waals surface area contributed by atoms with E-state index in [1.54, 1.807) is 12.0 Å². The molecule has 0 aliphatic rings. The molecule has 202 valence electrons. The fourth-order valence-corrected chi connectivity index (χ4v) is 3.89. The number of unbranched alkanes of at least 4 members (excludes halogenated alkanes) is 1. The number of aliphatic carboxylic acids is 1. The zero-order valence-corrected chi connectivity index (χ0v) is 22.2. The molecule has 0 unspecified atom stereocenters. The van der Waals surface area contributed by atoms with Crippen molar-refractivity contribution in [3.8, 4) is 17.2 Å². The van der Waals surface area contributed by atoms with Gasteiger partial charge in [0.15, 0.2) is 11.5 Å². The molecule has 0 spiro atoms. The van der Waals surface area contributed by atoms with Gasteiger partial charge in [-0.05, 0) is 66.6 Å². The third-order valence-corrected chi connectivity index (χ3v) is 6.20. The van der Waals surface area contributed by atoms with Gasteiger partial charge >= 0.3 is 5.97 Å². The fraction of sp³-hybridized carbons (Fsp3) is 0.355. The van der Waals surface area contributed by atoms with Gasteiger partial charge in [0.2, 0.25) is 5.91 Å². The number of aryl methyl sites for hydroxylation is 1. The molecule has 0 saturated heterocycles. The molecule has 0 aliphatic heterocycles. The first-order valence-electron chi connectivity index (χ1n) is 13.0. The first kappa shape index (κ1) is 28.6. The molecule has 1 amide bonds. The Bertz CT molecular complexity index is 1150. The van der Waals surface area contributed by atoms with Gasteiger partial charge in [0.05, 0.1) is 26.7 Å². The SMILES string of the molecule is COc1cc(CCC(=O)O)ccc1OCCCCOc1ccc(CC(=O)N(C)CCc2ccccc2)cc1. The van der Waals surface area contributed by atoms with E-state index < -0.39 is 5.97 Å². The smallest absolute Gasteiger partial charge is 0.303 e. The van der Waals surface area contributed by atoms with Gasteiger partial charge in [0, 0.05) is 20.0 Å². The first-order chi connectivity index (χ1) is 18.4. The number of likely N-dealkylation sites (N-methyl/N-ethyl adjacent to an activating group) is 1. The maximum Gasteiger partial charge on any atom is 0.303 e. The van der Waals surface area contributed by atoms with E-state index >= 15 is 0 Å². The summed E-state index contributed by atoms with van der Waals surface area (Å²) in [6.07, 6.45) is 3.38. The van der Waals surface area contributed by atoms with Crippen LogP contribution in [0.1, 0.15) is 36.0 Å². The van der Waals surface area contributed by atoms with Crippen molar-refractivity contribution in [3.05, 3.63) is 89.5 Å². The van der Waals surface area contributed by atoms with Crippen LogP contribution in [0.3, 0.4) is 0 Å². The third-order valence-electron chi connectivity index (χ3n) is 6.20. The van der Waals surface area contributed by atoms with Crippen LogP contribution in [0, 0.1) is 0 Å². The molecule has 0 bridgehead atoms. The standard InChI is InChI=1S/C31H37NO6/c1-32(19-18-24-8-4-3-5-9-24)30(33)23-26-10-14-27(15-11-26)37-20-6-7-21-38-28-16-12-25(13-17-31(34)35)22-29(28)36-2/h3-5,8-12,14-16,22H,6-7,13,17-21,23H2,1-2H3,(H,34,35). The maximum atomic E-state index is 12.6. The molecule has 1 N–H and O–H groups in total. The summed E-state index contributed by atoms with van der Waals surface area (Å²) in [7, 11) is 3.42. The summed E-state index contributed by atoms with van der Waals surface area (Å²) in [4.78, 5) is 25.1. The topological polar surface area (TPSA) is 85.3 Å². The number of carbonyl (C=O) groups excluding carboxylic acids is 1. The van der Waals surface area contributed by atoms with Gasteiger partial charge in [-0.25, -0.2) is 0 Å². The molecule has 0 fully saturated rings. The van der Waals surface area contributed by atoms with E-state index in [0.717, 1.165) is 36.1 Å². The summed E-state index contributed by atoms with van der Waals surface area (Å²) in [6, 6.07) is 23.4. The summed E-state index contributed by atoms with van der Waals surface area (Å²) in [5, 5.41) is 8.84. The number of carboxylic acids is 1. The molecule has 3 aromatic rings. The van der Waals surface area contributed by atoms with Crippen LogP contribution in [0.2, 0.25) is 0 Å². The van der Waals surface area contributed by atoms with E-state index in [4.69, 9.17) is 19.3 Å². The number of carboxylic acid groups (broad SMARTS) is 1. The van der Waals surface area contributed by atoms with Crippen LogP contribution in [0.4, 0.5) is 0 Å². The molecular weight excluding hydrogens is 482 g/mol. The van der Waals surface area contributed by atoms with Crippen molar-refractivity contribution in [1.29, 1.82) is 0 Å². The lowest BCUT2D eigenvalue weighted by Crippen LogP contribution is -2.30. The van der Waals surface area contributed by atoms with Crippen LogP contribution < -0.4 is 14.2 Å². The van der Waals surface area contributed by atoms with E-state index in [0.29, 0.717) is 44.1 Å². The van der Waals surface area contributed by atoms with Crippen molar-refractivity contribution in [2.45, 2.75) is 38.5 Å². The normalized spacial score (nSPS) is 10.6. The van der Waals surface area contributed by atoms with Gasteiger partial charge in [-0.2, -0.15) is 0 Å². The highest BCUT2D eigenvalue weighted by molar-refractivity contribution is 5.78. The number of amides is 1. The summed E-state index contributed by atoms with van der Waals surface area (Å²) in [5.41, 5.74) is 3.09. The Kier molecular flexibility index (Phi) is 11.5. The van der Waals surface area contributed by atoms with Crippen molar-refractivity contribution >= 4 is 11.9 Å². The van der Waals surface area contributed by atoms with Crippen LogP contribution in [0.25, 0.3) is 0 Å². The Labute approximate surface area is 225 Å². The highest BCUT2D eigenvalue weighted by Gasteiger charge is 2.10. The van der Waals surface area contributed by atoms with Gasteiger partial charge in [-0.1, -0.05) is 48.5 Å². The number of hydrogen-bond acceptors (Lipinski definition) is 5. The summed E-state index contributed by atoms with van der Waals surface area (Å²) >= 11 is 0. The second-order valence-electron chi connectivity index (χ2n) is 9.15. The van der Waals surface area contributed by atoms with E-state index in [-0.39, 0.29) is 12.3 Å². The average molecular weight is 520 g/mol. The fourth-order valence-electron chi connectivity index (χ4n) is 3.89. The Hall–Kier alpha value is -4.00. The Morgan fingerprint density at radius 1 is 0.789 bits per heavy atom. The van der Waals surface area contributed by atoms with E-state index in [1.807, 2.05) is 67.7 Å². The second-order valence-corrected chi connectivity index (χ2v) is 9.15. The summed E-state index contributed by atoms with van der Waals surface area (Å²) < 4.78 is 17.1. The Morgan fingerprint density at radius 3 is 2.16 bits per heavy atom. The van der Waals surface area contributed by atoms with Crippen molar-refractivity contribution in [2.24, 2.45) is 0 Å². The highest BCUT2D eigenvalue weighted by atomic mass is 16.5. The van der Waals surface area contributed by atoms with Gasteiger partial charge in [-0.3, -0.25) is 9.59 Å². The van der Waals surface area contributed by atoms with E-state index in [1.165, 1.54) is 5.56 Å². The van der Waals surface area contributed by atoms with Gasteiger partial charge in [-0.15, -0.1) is 0 Å². The van der Waals surface area contributed by atoms with Crippen molar-refractivity contribution in [1.82, 2.24) is 4.90 Å². The minimum atomic E-state index is -0.824. The van der Waals surface area contributed by atoms with Gasteiger partial charge in [0.1, 0.15) is 5.75 Å². The third kappa shape index (κ3) is 9.81. The molecule has 7 nitrogen and oxygen atoms in total. The number of rotatable bonds is 16. The van der Waals surface area contributed by atoms with Crippen molar-refractivity contribution in [3.63, 3.8) is 0 Å². The number of methoxy groups -OCH3 is 1.